The zero-order chi connectivity index (χ0) is 28.0. The second-order valence-electron chi connectivity index (χ2n) is 9.81. The Labute approximate surface area is 236 Å². The molecule has 0 saturated carbocycles. The van der Waals surface area contributed by atoms with Gasteiger partial charge in [0.25, 0.3) is 0 Å². The van der Waals surface area contributed by atoms with Crippen LogP contribution in [-0.4, -0.2) is 62.3 Å². The molecule has 0 spiro atoms. The van der Waals surface area contributed by atoms with Crippen LogP contribution in [0.3, 0.4) is 0 Å². The van der Waals surface area contributed by atoms with E-state index in [1.54, 1.807) is 0 Å². The molecule has 0 aromatic heterocycles. The molecule has 8 heteroatoms. The number of nitrogens with two attached hydrogens (primary N) is 1. The van der Waals surface area contributed by atoms with E-state index in [0.29, 0.717) is 59.1 Å². The largest absolute Gasteiger partial charge is 0.489 e. The zero-order valence-corrected chi connectivity index (χ0v) is 22.9. The van der Waals surface area contributed by atoms with Gasteiger partial charge in [0.1, 0.15) is 12.4 Å². The van der Waals surface area contributed by atoms with Crippen molar-refractivity contribution in [1.82, 2.24) is 10.2 Å². The SMILES string of the molecule is NCCOCCOCCNC(=O)CC1Cc2ccccc2CN1C(=O)Cc1ccc(OCc2ccccc2)cc1. The molecule has 212 valence electrons. The molecule has 1 aliphatic heterocycles. The topological polar surface area (TPSA) is 103 Å². The number of carbonyl (C=O) groups excluding carboxylic acids is 2. The number of hydrogen-bond acceptors (Lipinski definition) is 6. The fourth-order valence-corrected chi connectivity index (χ4v) is 4.74. The van der Waals surface area contributed by atoms with Crippen molar-refractivity contribution in [3.05, 3.63) is 101 Å². The molecule has 0 saturated heterocycles. The van der Waals surface area contributed by atoms with Crippen molar-refractivity contribution in [3.63, 3.8) is 0 Å². The van der Waals surface area contributed by atoms with Crippen molar-refractivity contribution in [1.29, 1.82) is 0 Å². The number of nitrogens with one attached hydrogen (secondary N) is 1. The first-order valence-corrected chi connectivity index (χ1v) is 13.9. The van der Waals surface area contributed by atoms with Gasteiger partial charge in [-0.25, -0.2) is 0 Å². The second-order valence-corrected chi connectivity index (χ2v) is 9.81. The average Bonchev–Trinajstić information content (AvgIpc) is 2.98. The van der Waals surface area contributed by atoms with Crippen molar-refractivity contribution in [3.8, 4) is 5.75 Å². The molecule has 40 heavy (non-hydrogen) atoms. The van der Waals surface area contributed by atoms with Crippen LogP contribution < -0.4 is 15.8 Å². The lowest BCUT2D eigenvalue weighted by Crippen LogP contribution is -2.47. The number of carbonyl (C=O) groups is 2. The van der Waals surface area contributed by atoms with E-state index in [4.69, 9.17) is 19.9 Å². The van der Waals surface area contributed by atoms with Gasteiger partial charge >= 0.3 is 0 Å². The van der Waals surface area contributed by atoms with Gasteiger partial charge in [-0.05, 0) is 40.8 Å². The van der Waals surface area contributed by atoms with Crippen LogP contribution in [0.1, 0.15) is 28.7 Å². The number of fused-ring (bicyclic) bond motifs is 1. The second kappa shape index (κ2) is 15.8. The maximum absolute atomic E-state index is 13.5. The van der Waals surface area contributed by atoms with Gasteiger partial charge < -0.3 is 30.2 Å². The Bertz CT molecular complexity index is 1200. The molecule has 0 radical (unpaired) electrons. The summed E-state index contributed by atoms with van der Waals surface area (Å²) in [6, 6.07) is 25.6. The van der Waals surface area contributed by atoms with Crippen molar-refractivity contribution in [2.75, 3.05) is 39.5 Å². The van der Waals surface area contributed by atoms with Gasteiger partial charge in [0.2, 0.25) is 11.8 Å². The van der Waals surface area contributed by atoms with E-state index < -0.39 is 0 Å². The van der Waals surface area contributed by atoms with Gasteiger partial charge in [-0.15, -0.1) is 0 Å². The highest BCUT2D eigenvalue weighted by Crippen LogP contribution is 2.26. The molecule has 2 amide bonds. The summed E-state index contributed by atoms with van der Waals surface area (Å²) in [6.07, 6.45) is 1.15. The molecule has 3 aromatic rings. The van der Waals surface area contributed by atoms with Gasteiger partial charge in [0.05, 0.1) is 32.8 Å². The van der Waals surface area contributed by atoms with Crippen LogP contribution >= 0.6 is 0 Å². The van der Waals surface area contributed by atoms with E-state index in [2.05, 4.69) is 17.4 Å². The number of nitrogens with zero attached hydrogens (tertiary/aromatic N) is 1. The van der Waals surface area contributed by atoms with Crippen molar-refractivity contribution < 1.29 is 23.8 Å². The Hall–Kier alpha value is -3.72. The predicted molar refractivity (Wildman–Crippen MR) is 154 cm³/mol. The molecule has 3 aromatic carbocycles. The summed E-state index contributed by atoms with van der Waals surface area (Å²) in [6.45, 7) is 3.73. The minimum Gasteiger partial charge on any atom is -0.489 e. The Morgan fingerprint density at radius 1 is 0.825 bits per heavy atom. The van der Waals surface area contributed by atoms with E-state index in [0.717, 1.165) is 22.4 Å². The summed E-state index contributed by atoms with van der Waals surface area (Å²) >= 11 is 0. The van der Waals surface area contributed by atoms with E-state index >= 15 is 0 Å². The van der Waals surface area contributed by atoms with E-state index in [9.17, 15) is 9.59 Å². The van der Waals surface area contributed by atoms with E-state index in [1.165, 1.54) is 5.56 Å². The van der Waals surface area contributed by atoms with Crippen LogP contribution in [0, 0.1) is 0 Å². The highest BCUT2D eigenvalue weighted by Gasteiger charge is 2.31. The molecule has 3 N–H and O–H groups in total. The van der Waals surface area contributed by atoms with Gasteiger partial charge in [-0.2, -0.15) is 0 Å². The number of ether oxygens (including phenoxy) is 3. The number of amides is 2. The highest BCUT2D eigenvalue weighted by atomic mass is 16.5. The molecule has 4 rings (SSSR count). The van der Waals surface area contributed by atoms with Gasteiger partial charge in [0, 0.05) is 32.1 Å². The van der Waals surface area contributed by atoms with Gasteiger partial charge in [-0.3, -0.25) is 9.59 Å². The third-order valence-corrected chi connectivity index (χ3v) is 6.83. The molecule has 1 unspecified atom stereocenters. The van der Waals surface area contributed by atoms with Gasteiger partial charge in [0.15, 0.2) is 0 Å². The first kappa shape index (κ1) is 29.3. The Morgan fingerprint density at radius 2 is 1.52 bits per heavy atom. The van der Waals surface area contributed by atoms with Crippen LogP contribution in [0.5, 0.6) is 5.75 Å². The van der Waals surface area contributed by atoms with E-state index in [-0.39, 0.29) is 30.7 Å². The van der Waals surface area contributed by atoms with Crippen molar-refractivity contribution in [2.45, 2.75) is 38.5 Å². The summed E-state index contributed by atoms with van der Waals surface area (Å²) in [5.41, 5.74) is 9.71. The highest BCUT2D eigenvalue weighted by molar-refractivity contribution is 5.81. The minimum atomic E-state index is -0.207. The first-order valence-electron chi connectivity index (χ1n) is 13.9. The van der Waals surface area contributed by atoms with Crippen LogP contribution in [-0.2, 0) is 45.1 Å². The summed E-state index contributed by atoms with van der Waals surface area (Å²) in [7, 11) is 0. The predicted octanol–water partition coefficient (Wildman–Crippen LogP) is 3.26. The van der Waals surface area contributed by atoms with Crippen molar-refractivity contribution >= 4 is 11.8 Å². The molecule has 1 heterocycles. The maximum atomic E-state index is 13.5. The summed E-state index contributed by atoms with van der Waals surface area (Å²) in [5, 5.41) is 2.92. The lowest BCUT2D eigenvalue weighted by Gasteiger charge is -2.37. The third-order valence-electron chi connectivity index (χ3n) is 6.83. The lowest BCUT2D eigenvalue weighted by molar-refractivity contribution is -0.135. The monoisotopic (exact) mass is 545 g/mol. The quantitative estimate of drug-likeness (QED) is 0.284. The fourth-order valence-electron chi connectivity index (χ4n) is 4.74. The number of hydrogen-bond donors (Lipinski definition) is 2. The van der Waals surface area contributed by atoms with Crippen LogP contribution in [0.4, 0.5) is 0 Å². The van der Waals surface area contributed by atoms with Crippen LogP contribution in [0.25, 0.3) is 0 Å². The molecule has 0 fully saturated rings. The molecular weight excluding hydrogens is 506 g/mol. The normalized spacial score (nSPS) is 14.4. The standard InChI is InChI=1S/C32H39N3O5/c33-14-16-38-18-19-39-17-15-34-31(36)22-29-21-27-8-4-5-9-28(27)23-35(29)32(37)20-25-10-12-30(13-11-25)40-24-26-6-2-1-3-7-26/h1-13,29H,14-24,33H2,(H,34,36). The average molecular weight is 546 g/mol. The molecule has 0 aliphatic carbocycles. The Kier molecular flexibility index (Phi) is 11.5. The molecule has 0 bridgehead atoms. The van der Waals surface area contributed by atoms with Crippen LogP contribution in [0.15, 0.2) is 78.9 Å². The fraction of sp³-hybridized carbons (Fsp3) is 0.375. The Morgan fingerprint density at radius 3 is 2.27 bits per heavy atom. The molecule has 8 nitrogen and oxygen atoms in total. The smallest absolute Gasteiger partial charge is 0.227 e. The van der Waals surface area contributed by atoms with Crippen molar-refractivity contribution in [2.24, 2.45) is 5.73 Å². The number of rotatable bonds is 15. The molecule has 1 aliphatic rings. The van der Waals surface area contributed by atoms with E-state index in [1.807, 2.05) is 71.6 Å². The third kappa shape index (κ3) is 9.19. The summed E-state index contributed by atoms with van der Waals surface area (Å²) < 4.78 is 16.6. The zero-order valence-electron chi connectivity index (χ0n) is 22.9. The molecule has 1 atom stereocenters. The maximum Gasteiger partial charge on any atom is 0.227 e. The summed E-state index contributed by atoms with van der Waals surface area (Å²) in [4.78, 5) is 28.1. The molecular formula is C32H39N3O5. The lowest BCUT2D eigenvalue weighted by atomic mass is 9.91. The Balaban J connectivity index is 1.29. The minimum absolute atomic E-state index is 0.00562. The van der Waals surface area contributed by atoms with Gasteiger partial charge in [-0.1, -0.05) is 66.7 Å². The van der Waals surface area contributed by atoms with Crippen LogP contribution in [0.2, 0.25) is 0 Å². The summed E-state index contributed by atoms with van der Waals surface area (Å²) in [5.74, 6) is 0.671. The first-order chi connectivity index (χ1) is 19.6. The number of benzene rings is 3.